The Balaban J connectivity index is 1.53. The van der Waals surface area contributed by atoms with Gasteiger partial charge in [-0.05, 0) is 62.5 Å². The minimum atomic E-state index is -0.0559. The molecule has 27 heavy (non-hydrogen) atoms. The predicted molar refractivity (Wildman–Crippen MR) is 109 cm³/mol. The second kappa shape index (κ2) is 9.56. The molecule has 0 aliphatic carbocycles. The van der Waals surface area contributed by atoms with Crippen molar-refractivity contribution in [1.29, 1.82) is 0 Å². The molecule has 0 saturated carbocycles. The fourth-order valence-electron chi connectivity index (χ4n) is 3.46. The van der Waals surface area contributed by atoms with Crippen molar-refractivity contribution in [2.24, 2.45) is 5.92 Å². The zero-order valence-electron chi connectivity index (χ0n) is 16.4. The number of para-hydroxylation sites is 1. The molecule has 3 rings (SSSR count). The Morgan fingerprint density at radius 1 is 1.11 bits per heavy atom. The number of hydrogen-bond acceptors (Lipinski definition) is 3. The summed E-state index contributed by atoms with van der Waals surface area (Å²) in [6.07, 6.45) is 2.56. The van der Waals surface area contributed by atoms with Crippen molar-refractivity contribution in [3.05, 3.63) is 65.2 Å². The molecule has 0 spiro atoms. The summed E-state index contributed by atoms with van der Waals surface area (Å²) >= 11 is 0. The van der Waals surface area contributed by atoms with Gasteiger partial charge < -0.3 is 10.1 Å². The van der Waals surface area contributed by atoms with E-state index in [1.54, 1.807) is 0 Å². The Morgan fingerprint density at radius 2 is 1.81 bits per heavy atom. The van der Waals surface area contributed by atoms with Crippen LogP contribution in [0.3, 0.4) is 0 Å². The third-order valence-electron chi connectivity index (χ3n) is 5.21. The van der Waals surface area contributed by atoms with Crippen molar-refractivity contribution in [1.82, 2.24) is 10.2 Å². The molecule has 0 unspecified atom stereocenters. The fourth-order valence-corrected chi connectivity index (χ4v) is 3.46. The first-order valence-corrected chi connectivity index (χ1v) is 9.96. The van der Waals surface area contributed by atoms with Gasteiger partial charge >= 0.3 is 0 Å². The second-order valence-electron chi connectivity index (χ2n) is 7.38. The van der Waals surface area contributed by atoms with Crippen molar-refractivity contribution in [2.75, 3.05) is 19.7 Å². The molecule has 1 amide bonds. The number of hydrogen-bond donors (Lipinski definition) is 1. The topological polar surface area (TPSA) is 41.6 Å². The molecule has 144 valence electrons. The monoisotopic (exact) mass is 366 g/mol. The largest absolute Gasteiger partial charge is 0.494 e. The van der Waals surface area contributed by atoms with Gasteiger partial charge in [0, 0.05) is 24.2 Å². The van der Waals surface area contributed by atoms with Gasteiger partial charge in [-0.3, -0.25) is 9.69 Å². The second-order valence-corrected chi connectivity index (χ2v) is 7.38. The van der Waals surface area contributed by atoms with Crippen LogP contribution in [-0.4, -0.2) is 30.5 Å². The van der Waals surface area contributed by atoms with E-state index in [4.69, 9.17) is 4.74 Å². The van der Waals surface area contributed by atoms with Crippen molar-refractivity contribution >= 4 is 5.91 Å². The zero-order valence-corrected chi connectivity index (χ0v) is 16.4. The summed E-state index contributed by atoms with van der Waals surface area (Å²) in [5.74, 6) is 1.62. The molecule has 1 heterocycles. The predicted octanol–water partition coefficient (Wildman–Crippen LogP) is 4.25. The van der Waals surface area contributed by atoms with Gasteiger partial charge in [0.05, 0.1) is 6.61 Å². The van der Waals surface area contributed by atoms with E-state index >= 15 is 0 Å². The first kappa shape index (κ1) is 19.4. The van der Waals surface area contributed by atoms with E-state index in [0.717, 1.165) is 23.8 Å². The highest BCUT2D eigenvalue weighted by Crippen LogP contribution is 2.19. The molecule has 1 N–H and O–H groups in total. The third kappa shape index (κ3) is 5.57. The summed E-state index contributed by atoms with van der Waals surface area (Å²) < 4.78 is 5.61. The third-order valence-corrected chi connectivity index (χ3v) is 5.21. The van der Waals surface area contributed by atoms with Crippen molar-refractivity contribution < 1.29 is 9.53 Å². The molecule has 1 saturated heterocycles. The van der Waals surface area contributed by atoms with Gasteiger partial charge in [0.15, 0.2) is 0 Å². The van der Waals surface area contributed by atoms with Gasteiger partial charge in [0.1, 0.15) is 5.75 Å². The van der Waals surface area contributed by atoms with Crippen LogP contribution in [0.4, 0.5) is 0 Å². The quantitative estimate of drug-likeness (QED) is 0.797. The minimum Gasteiger partial charge on any atom is -0.494 e. The van der Waals surface area contributed by atoms with Crippen molar-refractivity contribution in [3.8, 4) is 5.75 Å². The van der Waals surface area contributed by atoms with E-state index in [-0.39, 0.29) is 5.91 Å². The number of benzene rings is 2. The summed E-state index contributed by atoms with van der Waals surface area (Å²) in [6.45, 7) is 8.67. The summed E-state index contributed by atoms with van der Waals surface area (Å²) in [7, 11) is 0. The van der Waals surface area contributed by atoms with Crippen LogP contribution in [0, 0.1) is 5.92 Å². The highest BCUT2D eigenvalue weighted by atomic mass is 16.5. The van der Waals surface area contributed by atoms with E-state index < -0.39 is 0 Å². The maximum Gasteiger partial charge on any atom is 0.251 e. The van der Waals surface area contributed by atoms with Crippen LogP contribution in [0.2, 0.25) is 0 Å². The van der Waals surface area contributed by atoms with E-state index in [9.17, 15) is 4.79 Å². The molecule has 2 aromatic carbocycles. The van der Waals surface area contributed by atoms with Crippen LogP contribution in [0.1, 0.15) is 48.2 Å². The smallest absolute Gasteiger partial charge is 0.251 e. The van der Waals surface area contributed by atoms with Crippen LogP contribution < -0.4 is 10.1 Å². The number of carbonyl (C=O) groups excluding carboxylic acids is 1. The van der Waals surface area contributed by atoms with Gasteiger partial charge in [-0.15, -0.1) is 0 Å². The van der Waals surface area contributed by atoms with Crippen LogP contribution in [-0.2, 0) is 13.1 Å². The van der Waals surface area contributed by atoms with Crippen molar-refractivity contribution in [2.45, 2.75) is 39.8 Å². The lowest BCUT2D eigenvalue weighted by molar-refractivity contribution is 0.0950. The van der Waals surface area contributed by atoms with Gasteiger partial charge in [-0.25, -0.2) is 0 Å². The lowest BCUT2D eigenvalue weighted by Crippen LogP contribution is -2.32. The normalized spacial score (nSPS) is 15.5. The van der Waals surface area contributed by atoms with E-state index in [1.165, 1.54) is 31.5 Å². The average Bonchev–Trinajstić information content (AvgIpc) is 2.70. The number of rotatable bonds is 7. The van der Waals surface area contributed by atoms with E-state index in [0.29, 0.717) is 18.7 Å². The molecule has 2 aromatic rings. The summed E-state index contributed by atoms with van der Waals surface area (Å²) in [6, 6.07) is 15.8. The highest BCUT2D eigenvalue weighted by molar-refractivity contribution is 5.94. The molecule has 0 bridgehead atoms. The SMILES string of the molecule is CCOc1ccccc1CNC(=O)c1ccc(CN2CCC(C)CC2)cc1. The van der Waals surface area contributed by atoms with Gasteiger partial charge in [0.2, 0.25) is 0 Å². The number of nitrogens with zero attached hydrogens (tertiary/aromatic N) is 1. The standard InChI is InChI=1S/C23H30N2O2/c1-3-27-22-7-5-4-6-21(22)16-24-23(26)20-10-8-19(9-11-20)17-25-14-12-18(2)13-15-25/h4-11,18H,3,12-17H2,1-2H3,(H,24,26). The minimum absolute atomic E-state index is 0.0559. The molecule has 4 nitrogen and oxygen atoms in total. The Hall–Kier alpha value is -2.33. The number of amides is 1. The summed E-state index contributed by atoms with van der Waals surface area (Å²) in [4.78, 5) is 15.0. The molecule has 1 fully saturated rings. The maximum absolute atomic E-state index is 12.5. The molecule has 0 atom stereocenters. The van der Waals surface area contributed by atoms with E-state index in [1.807, 2.05) is 43.3 Å². The first-order valence-electron chi connectivity index (χ1n) is 9.96. The summed E-state index contributed by atoms with van der Waals surface area (Å²) in [5.41, 5.74) is 2.95. The lowest BCUT2D eigenvalue weighted by Gasteiger charge is -2.30. The molecule has 1 aliphatic rings. The molecule has 4 heteroatoms. The number of piperidine rings is 1. The van der Waals surface area contributed by atoms with Crippen LogP contribution >= 0.6 is 0 Å². The molecule has 1 aliphatic heterocycles. The summed E-state index contributed by atoms with van der Waals surface area (Å²) in [5, 5.41) is 2.99. The highest BCUT2D eigenvalue weighted by Gasteiger charge is 2.16. The zero-order chi connectivity index (χ0) is 19.1. The van der Waals surface area contributed by atoms with Crippen LogP contribution in [0.5, 0.6) is 5.75 Å². The number of ether oxygens (including phenoxy) is 1. The number of likely N-dealkylation sites (tertiary alicyclic amines) is 1. The van der Waals surface area contributed by atoms with Crippen LogP contribution in [0.15, 0.2) is 48.5 Å². The Labute approximate surface area is 162 Å². The Bertz CT molecular complexity index is 734. The Morgan fingerprint density at radius 3 is 2.52 bits per heavy atom. The van der Waals surface area contributed by atoms with Gasteiger partial charge in [-0.1, -0.05) is 37.3 Å². The number of carbonyl (C=O) groups is 1. The van der Waals surface area contributed by atoms with E-state index in [2.05, 4.69) is 29.3 Å². The first-order chi connectivity index (χ1) is 13.2. The van der Waals surface area contributed by atoms with Gasteiger partial charge in [0.25, 0.3) is 5.91 Å². The molecular formula is C23H30N2O2. The molecular weight excluding hydrogens is 336 g/mol. The Kier molecular flexibility index (Phi) is 6.88. The fraction of sp³-hybridized carbons (Fsp3) is 0.435. The van der Waals surface area contributed by atoms with Crippen LogP contribution in [0.25, 0.3) is 0 Å². The molecule has 0 radical (unpaired) electrons. The molecule has 0 aromatic heterocycles. The van der Waals surface area contributed by atoms with Crippen molar-refractivity contribution in [3.63, 3.8) is 0 Å². The number of nitrogens with one attached hydrogen (secondary N) is 1. The van der Waals surface area contributed by atoms with Gasteiger partial charge in [-0.2, -0.15) is 0 Å². The maximum atomic E-state index is 12.5. The lowest BCUT2D eigenvalue weighted by atomic mass is 9.99. The average molecular weight is 367 g/mol.